The zero-order valence-electron chi connectivity index (χ0n) is 36.2. The Hall–Kier alpha value is -2.55. The van der Waals surface area contributed by atoms with E-state index in [1.807, 2.05) is 19.9 Å². The molecule has 0 heterocycles. The Balaban J connectivity index is 0.000000345. The molecule has 2 aromatic rings. The van der Waals surface area contributed by atoms with Crippen LogP contribution in [-0.4, -0.2) is 17.3 Å². The van der Waals surface area contributed by atoms with Gasteiger partial charge in [-0.25, -0.2) is 0 Å². The van der Waals surface area contributed by atoms with E-state index in [1.165, 1.54) is 108 Å². The summed E-state index contributed by atoms with van der Waals surface area (Å²) in [6.45, 7) is 21.0. The standard InChI is InChI=1S/C24H34O3.C23H38.C3H8/c1-6-8-19(20(7-2)22(26)11-17(5)25)12-18-13-21-15(3)9-10-16(4)24(21)23(27)14-18;1-4-6-9-15-21-18-23(20-13-11-8-12-14-20)22(17-19(21)3)16-10-7-5-2;1-3-2/h9-10,18-20H,6-8,11-14H2,1-5H3;17-18,20H,4-16H2,1-3H3;3H2,1-2H3. The summed E-state index contributed by atoms with van der Waals surface area (Å²) in [5, 5.41) is 0. The van der Waals surface area contributed by atoms with Crippen LogP contribution in [0.15, 0.2) is 24.3 Å². The Morgan fingerprint density at radius 2 is 1.34 bits per heavy atom. The first-order chi connectivity index (χ1) is 25.4. The lowest BCUT2D eigenvalue weighted by molar-refractivity contribution is -0.129. The minimum absolute atomic E-state index is 0.0451. The van der Waals surface area contributed by atoms with Crippen molar-refractivity contribution in [2.75, 3.05) is 0 Å². The van der Waals surface area contributed by atoms with Gasteiger partial charge in [-0.1, -0.05) is 130 Å². The summed E-state index contributed by atoms with van der Waals surface area (Å²) in [4.78, 5) is 36.9. The monoisotopic (exact) mass is 729 g/mol. The molecule has 0 aromatic heterocycles. The molecule has 1 saturated carbocycles. The van der Waals surface area contributed by atoms with Crippen LogP contribution < -0.4 is 0 Å². The van der Waals surface area contributed by atoms with Gasteiger partial charge in [-0.05, 0) is 142 Å². The van der Waals surface area contributed by atoms with Gasteiger partial charge in [0.15, 0.2) is 5.78 Å². The summed E-state index contributed by atoms with van der Waals surface area (Å²) in [5.41, 5.74) is 11.0. The van der Waals surface area contributed by atoms with Crippen LogP contribution in [0.1, 0.15) is 219 Å². The van der Waals surface area contributed by atoms with Gasteiger partial charge in [0.1, 0.15) is 11.6 Å². The second-order valence-electron chi connectivity index (χ2n) is 16.8. The van der Waals surface area contributed by atoms with Crippen LogP contribution in [0, 0.1) is 38.5 Å². The summed E-state index contributed by atoms with van der Waals surface area (Å²) in [7, 11) is 0. The van der Waals surface area contributed by atoms with Crippen LogP contribution in [-0.2, 0) is 28.9 Å². The zero-order chi connectivity index (χ0) is 39.3. The maximum absolute atomic E-state index is 12.8. The van der Waals surface area contributed by atoms with Crippen LogP contribution in [0.2, 0.25) is 0 Å². The minimum atomic E-state index is -0.0658. The predicted molar refractivity (Wildman–Crippen MR) is 229 cm³/mol. The van der Waals surface area contributed by atoms with Crippen LogP contribution >= 0.6 is 0 Å². The molecule has 0 amide bonds. The van der Waals surface area contributed by atoms with Crippen molar-refractivity contribution in [2.24, 2.45) is 17.8 Å². The lowest BCUT2D eigenvalue weighted by Crippen LogP contribution is -2.30. The second-order valence-corrected chi connectivity index (χ2v) is 16.8. The molecule has 298 valence electrons. The first kappa shape index (κ1) is 46.6. The van der Waals surface area contributed by atoms with E-state index < -0.39 is 0 Å². The zero-order valence-corrected chi connectivity index (χ0v) is 36.2. The van der Waals surface area contributed by atoms with Crippen molar-refractivity contribution in [2.45, 2.75) is 210 Å². The average molecular weight is 729 g/mol. The lowest BCUT2D eigenvalue weighted by atomic mass is 9.71. The fraction of sp³-hybridized carbons (Fsp3) is 0.700. The molecular weight excluding hydrogens is 649 g/mol. The molecule has 3 unspecified atom stereocenters. The molecule has 3 nitrogen and oxygen atoms in total. The molecule has 0 aliphatic heterocycles. The fourth-order valence-electron chi connectivity index (χ4n) is 9.14. The maximum Gasteiger partial charge on any atom is 0.163 e. The van der Waals surface area contributed by atoms with Gasteiger partial charge in [-0.15, -0.1) is 0 Å². The second kappa shape index (κ2) is 25.5. The number of fused-ring (bicyclic) bond motifs is 1. The van der Waals surface area contributed by atoms with Crippen molar-refractivity contribution in [1.82, 2.24) is 0 Å². The first-order valence-corrected chi connectivity index (χ1v) is 22.2. The van der Waals surface area contributed by atoms with Gasteiger partial charge in [-0.2, -0.15) is 0 Å². The maximum atomic E-state index is 12.8. The number of unbranched alkanes of at least 4 members (excludes halogenated alkanes) is 4. The molecule has 2 aromatic carbocycles. The Kier molecular flexibility index (Phi) is 22.4. The number of carbonyl (C=O) groups excluding carboxylic acids is 3. The molecule has 1 fully saturated rings. The van der Waals surface area contributed by atoms with Gasteiger partial charge in [0, 0.05) is 17.9 Å². The Morgan fingerprint density at radius 3 is 1.91 bits per heavy atom. The molecule has 3 heteroatoms. The largest absolute Gasteiger partial charge is 0.300 e. The molecule has 3 atom stereocenters. The summed E-state index contributed by atoms with van der Waals surface area (Å²) < 4.78 is 0. The normalized spacial score (nSPS) is 16.8. The van der Waals surface area contributed by atoms with Crippen molar-refractivity contribution in [3.05, 3.63) is 68.8 Å². The van der Waals surface area contributed by atoms with E-state index in [2.05, 4.69) is 66.7 Å². The predicted octanol–water partition coefficient (Wildman–Crippen LogP) is 14.4. The average Bonchev–Trinajstić information content (AvgIpc) is 3.12. The lowest BCUT2D eigenvalue weighted by Gasteiger charge is -2.32. The highest BCUT2D eigenvalue weighted by atomic mass is 16.1. The van der Waals surface area contributed by atoms with E-state index in [1.54, 1.807) is 22.3 Å². The third kappa shape index (κ3) is 15.2. The molecule has 0 saturated heterocycles. The number of hydrogen-bond donors (Lipinski definition) is 0. The molecule has 0 radical (unpaired) electrons. The summed E-state index contributed by atoms with van der Waals surface area (Å²) in [6.07, 6.45) is 24.4. The van der Waals surface area contributed by atoms with Gasteiger partial charge < -0.3 is 0 Å². The SMILES string of the molecule is CCC.CCCC(CC1CC(=O)c2c(C)ccc(C)c2C1)C(CC)C(=O)CC(C)=O.CCCCCc1cc(C2CCCCC2)c(CCCCC)cc1C. The van der Waals surface area contributed by atoms with Gasteiger partial charge in [0.25, 0.3) is 0 Å². The van der Waals surface area contributed by atoms with E-state index in [0.29, 0.717) is 12.3 Å². The summed E-state index contributed by atoms with van der Waals surface area (Å²) >= 11 is 0. The molecule has 0 spiro atoms. The fourth-order valence-corrected chi connectivity index (χ4v) is 9.14. The Labute approximate surface area is 327 Å². The molecule has 0 N–H and O–H groups in total. The van der Waals surface area contributed by atoms with Crippen LogP contribution in [0.25, 0.3) is 0 Å². The molecule has 2 aliphatic carbocycles. The van der Waals surface area contributed by atoms with Crippen molar-refractivity contribution in [3.8, 4) is 0 Å². The van der Waals surface area contributed by atoms with Crippen molar-refractivity contribution in [1.29, 1.82) is 0 Å². The highest BCUT2D eigenvalue weighted by Gasteiger charge is 2.33. The molecular formula is C50H80O3. The third-order valence-corrected chi connectivity index (χ3v) is 11.9. The van der Waals surface area contributed by atoms with Gasteiger partial charge in [0.2, 0.25) is 0 Å². The van der Waals surface area contributed by atoms with Gasteiger partial charge in [-0.3, -0.25) is 14.4 Å². The molecule has 53 heavy (non-hydrogen) atoms. The summed E-state index contributed by atoms with van der Waals surface area (Å²) in [6, 6.07) is 9.33. The van der Waals surface area contributed by atoms with Crippen LogP contribution in [0.5, 0.6) is 0 Å². The topological polar surface area (TPSA) is 51.2 Å². The first-order valence-electron chi connectivity index (χ1n) is 22.2. The molecule has 0 bridgehead atoms. The molecule has 2 aliphatic rings. The third-order valence-electron chi connectivity index (χ3n) is 11.9. The Bertz CT molecular complexity index is 1390. The number of rotatable bonds is 18. The van der Waals surface area contributed by atoms with Gasteiger partial charge >= 0.3 is 0 Å². The number of ketones is 3. The Morgan fingerprint density at radius 1 is 0.736 bits per heavy atom. The van der Waals surface area contributed by atoms with E-state index in [0.717, 1.165) is 49.1 Å². The van der Waals surface area contributed by atoms with E-state index in [-0.39, 0.29) is 35.6 Å². The minimum Gasteiger partial charge on any atom is -0.300 e. The van der Waals surface area contributed by atoms with Gasteiger partial charge in [0.05, 0.1) is 6.42 Å². The number of hydrogen-bond acceptors (Lipinski definition) is 3. The molecule has 4 rings (SSSR count). The smallest absolute Gasteiger partial charge is 0.163 e. The number of carbonyl (C=O) groups is 3. The van der Waals surface area contributed by atoms with E-state index in [9.17, 15) is 14.4 Å². The van der Waals surface area contributed by atoms with Crippen molar-refractivity contribution >= 4 is 17.3 Å². The quantitative estimate of drug-likeness (QED) is 0.113. The van der Waals surface area contributed by atoms with Crippen LogP contribution in [0.3, 0.4) is 0 Å². The highest BCUT2D eigenvalue weighted by Crippen LogP contribution is 2.38. The van der Waals surface area contributed by atoms with E-state index >= 15 is 0 Å². The van der Waals surface area contributed by atoms with Crippen molar-refractivity contribution < 1.29 is 14.4 Å². The van der Waals surface area contributed by atoms with Crippen molar-refractivity contribution in [3.63, 3.8) is 0 Å². The summed E-state index contributed by atoms with van der Waals surface area (Å²) in [5.74, 6) is 1.62. The van der Waals surface area contributed by atoms with Crippen LogP contribution in [0.4, 0.5) is 0 Å². The number of Topliss-reactive ketones (excluding diaryl/α,β-unsaturated/α-hetero) is 3. The van der Waals surface area contributed by atoms with E-state index in [4.69, 9.17) is 0 Å². The highest BCUT2D eigenvalue weighted by molar-refractivity contribution is 6.00. The number of aryl methyl sites for hydroxylation is 5. The number of benzene rings is 2.